The summed E-state index contributed by atoms with van der Waals surface area (Å²) in [6.45, 7) is 3.14. The lowest BCUT2D eigenvalue weighted by atomic mass is 10.00. The van der Waals surface area contributed by atoms with E-state index in [0.717, 1.165) is 25.2 Å². The van der Waals surface area contributed by atoms with Gasteiger partial charge in [0.1, 0.15) is 0 Å². The minimum Gasteiger partial charge on any atom is -0.391 e. The van der Waals surface area contributed by atoms with Gasteiger partial charge < -0.3 is 10.0 Å². The number of hydrogen-bond donors (Lipinski definition) is 1. The second-order valence-electron chi connectivity index (χ2n) is 7.26. The van der Waals surface area contributed by atoms with Crippen LogP contribution in [0.4, 0.5) is 0 Å². The van der Waals surface area contributed by atoms with Gasteiger partial charge in [-0.1, -0.05) is 24.3 Å². The maximum absolute atomic E-state index is 12.7. The number of carbonyl (C=O) groups is 1. The zero-order chi connectivity index (χ0) is 17.9. The number of nitrogens with zero attached hydrogens (tertiary/aromatic N) is 4. The van der Waals surface area contributed by atoms with Crippen molar-refractivity contribution in [2.45, 2.75) is 25.5 Å². The Balaban J connectivity index is 1.33. The van der Waals surface area contributed by atoms with E-state index in [-0.39, 0.29) is 11.8 Å². The summed E-state index contributed by atoms with van der Waals surface area (Å²) in [5.74, 6) is 0.128. The first-order valence-electron chi connectivity index (χ1n) is 9.19. The number of amides is 1. The van der Waals surface area contributed by atoms with Crippen LogP contribution in [0.15, 0.2) is 42.9 Å². The van der Waals surface area contributed by atoms with Crippen molar-refractivity contribution in [1.82, 2.24) is 19.8 Å². The smallest absolute Gasteiger partial charge is 0.236 e. The van der Waals surface area contributed by atoms with Crippen molar-refractivity contribution < 1.29 is 9.90 Å². The minimum absolute atomic E-state index is 0.0257. The van der Waals surface area contributed by atoms with Gasteiger partial charge in [-0.25, -0.2) is 0 Å². The van der Waals surface area contributed by atoms with Crippen molar-refractivity contribution in [2.75, 3.05) is 26.2 Å². The molecule has 4 rings (SSSR count). The van der Waals surface area contributed by atoms with Gasteiger partial charge in [0.05, 0.1) is 18.3 Å². The second-order valence-corrected chi connectivity index (χ2v) is 7.26. The van der Waals surface area contributed by atoms with Crippen LogP contribution in [0.1, 0.15) is 16.8 Å². The Labute approximate surface area is 153 Å². The Morgan fingerprint density at radius 3 is 2.85 bits per heavy atom. The maximum atomic E-state index is 12.7. The number of fused-ring (bicyclic) bond motifs is 1. The van der Waals surface area contributed by atoms with E-state index < -0.39 is 6.10 Å². The van der Waals surface area contributed by atoms with Crippen LogP contribution < -0.4 is 0 Å². The van der Waals surface area contributed by atoms with Crippen LogP contribution in [-0.2, 0) is 24.2 Å². The molecule has 6 nitrogen and oxygen atoms in total. The molecule has 1 N–H and O–H groups in total. The van der Waals surface area contributed by atoms with E-state index in [1.165, 1.54) is 11.1 Å². The standard InChI is InChI=1S/C20H24N4O2/c25-19-13-24(12-17(19)9-18-10-21-6-7-22-18)20(26)14-23-8-5-15-3-1-2-4-16(15)11-23/h1-4,6-7,10,17,19,25H,5,8-9,11-14H2/t17-,19-/m1/s1. The molecule has 0 spiro atoms. The van der Waals surface area contributed by atoms with Crippen molar-refractivity contribution >= 4 is 5.91 Å². The highest BCUT2D eigenvalue weighted by Gasteiger charge is 2.34. The molecule has 2 atom stereocenters. The molecule has 0 aliphatic carbocycles. The quantitative estimate of drug-likeness (QED) is 0.885. The van der Waals surface area contributed by atoms with Gasteiger partial charge in [0.25, 0.3) is 0 Å². The molecular formula is C20H24N4O2. The van der Waals surface area contributed by atoms with E-state index in [4.69, 9.17) is 0 Å². The highest BCUT2D eigenvalue weighted by molar-refractivity contribution is 5.78. The number of carbonyl (C=O) groups excluding carboxylic acids is 1. The molecule has 1 aromatic heterocycles. The van der Waals surface area contributed by atoms with E-state index in [9.17, 15) is 9.90 Å². The molecule has 1 fully saturated rings. The van der Waals surface area contributed by atoms with Crippen LogP contribution in [0.5, 0.6) is 0 Å². The topological polar surface area (TPSA) is 69.6 Å². The minimum atomic E-state index is -0.497. The number of aliphatic hydroxyl groups excluding tert-OH is 1. The van der Waals surface area contributed by atoms with E-state index >= 15 is 0 Å². The second kappa shape index (κ2) is 7.51. The van der Waals surface area contributed by atoms with E-state index in [0.29, 0.717) is 26.1 Å². The first-order valence-corrected chi connectivity index (χ1v) is 9.19. The highest BCUT2D eigenvalue weighted by Crippen LogP contribution is 2.22. The Hall–Kier alpha value is -2.31. The van der Waals surface area contributed by atoms with Crippen molar-refractivity contribution in [2.24, 2.45) is 5.92 Å². The molecule has 2 aliphatic rings. The summed E-state index contributed by atoms with van der Waals surface area (Å²) in [5, 5.41) is 10.3. The van der Waals surface area contributed by atoms with Gasteiger partial charge in [-0.2, -0.15) is 0 Å². The van der Waals surface area contributed by atoms with Crippen molar-refractivity contribution in [3.8, 4) is 0 Å². The fourth-order valence-electron chi connectivity index (χ4n) is 3.94. The molecule has 26 heavy (non-hydrogen) atoms. The summed E-state index contributed by atoms with van der Waals surface area (Å²) in [5.41, 5.74) is 3.56. The number of rotatable bonds is 4. The van der Waals surface area contributed by atoms with Crippen LogP contribution in [0, 0.1) is 5.92 Å². The fraction of sp³-hybridized carbons (Fsp3) is 0.450. The van der Waals surface area contributed by atoms with Gasteiger partial charge in [0, 0.05) is 50.7 Å². The van der Waals surface area contributed by atoms with Gasteiger partial charge in [-0.05, 0) is 24.0 Å². The van der Waals surface area contributed by atoms with Crippen LogP contribution in [0.25, 0.3) is 0 Å². The Kier molecular flexibility index (Phi) is 4.95. The summed E-state index contributed by atoms with van der Waals surface area (Å²) in [6, 6.07) is 8.44. The monoisotopic (exact) mass is 352 g/mol. The zero-order valence-corrected chi connectivity index (χ0v) is 14.8. The van der Waals surface area contributed by atoms with E-state index in [1.54, 1.807) is 23.5 Å². The van der Waals surface area contributed by atoms with Crippen molar-refractivity contribution in [1.29, 1.82) is 0 Å². The molecule has 0 saturated carbocycles. The molecule has 3 heterocycles. The third kappa shape index (κ3) is 3.76. The van der Waals surface area contributed by atoms with Gasteiger partial charge in [0.2, 0.25) is 5.91 Å². The molecule has 1 amide bonds. The predicted octanol–water partition coefficient (Wildman–Crippen LogP) is 0.897. The summed E-state index contributed by atoms with van der Waals surface area (Å²) in [6.07, 6.45) is 6.16. The third-order valence-electron chi connectivity index (χ3n) is 5.42. The molecule has 6 heteroatoms. The third-order valence-corrected chi connectivity index (χ3v) is 5.42. The number of likely N-dealkylation sites (tertiary alicyclic amines) is 1. The van der Waals surface area contributed by atoms with Gasteiger partial charge in [-0.15, -0.1) is 0 Å². The predicted molar refractivity (Wildman–Crippen MR) is 97.2 cm³/mol. The average Bonchev–Trinajstić information content (AvgIpc) is 3.03. The fourth-order valence-corrected chi connectivity index (χ4v) is 3.94. The molecule has 2 aromatic rings. The molecule has 136 valence electrons. The summed E-state index contributed by atoms with van der Waals surface area (Å²) in [4.78, 5) is 25.1. The zero-order valence-electron chi connectivity index (χ0n) is 14.8. The molecule has 0 radical (unpaired) electrons. The Bertz CT molecular complexity index is 767. The van der Waals surface area contributed by atoms with Gasteiger partial charge in [-0.3, -0.25) is 19.7 Å². The summed E-state index contributed by atoms with van der Waals surface area (Å²) in [7, 11) is 0. The van der Waals surface area contributed by atoms with Crippen molar-refractivity contribution in [3.63, 3.8) is 0 Å². The lowest BCUT2D eigenvalue weighted by Crippen LogP contribution is -2.41. The maximum Gasteiger partial charge on any atom is 0.236 e. The molecule has 2 aliphatic heterocycles. The van der Waals surface area contributed by atoms with Gasteiger partial charge >= 0.3 is 0 Å². The molecule has 1 aromatic carbocycles. The number of hydrogen-bond acceptors (Lipinski definition) is 5. The summed E-state index contributed by atoms with van der Waals surface area (Å²) < 4.78 is 0. The largest absolute Gasteiger partial charge is 0.391 e. The SMILES string of the molecule is O=C(CN1CCc2ccccc2C1)N1C[C@@H](Cc2cnccn2)[C@H](O)C1. The molecule has 0 unspecified atom stereocenters. The van der Waals surface area contributed by atoms with E-state index in [2.05, 4.69) is 39.1 Å². The number of benzene rings is 1. The van der Waals surface area contributed by atoms with Crippen LogP contribution in [0.3, 0.4) is 0 Å². The van der Waals surface area contributed by atoms with Gasteiger partial charge in [0.15, 0.2) is 0 Å². The Morgan fingerprint density at radius 1 is 1.19 bits per heavy atom. The lowest BCUT2D eigenvalue weighted by molar-refractivity contribution is -0.132. The number of aromatic nitrogens is 2. The normalized spacial score (nSPS) is 23.0. The van der Waals surface area contributed by atoms with Crippen LogP contribution in [-0.4, -0.2) is 63.1 Å². The average molecular weight is 352 g/mol. The summed E-state index contributed by atoms with van der Waals surface area (Å²) >= 11 is 0. The highest BCUT2D eigenvalue weighted by atomic mass is 16.3. The number of β-amino-alcohol motifs (C(OH)–C–C–N with tert-alkyl or cyclic N) is 1. The Morgan fingerprint density at radius 2 is 2.04 bits per heavy atom. The molecular weight excluding hydrogens is 328 g/mol. The first kappa shape index (κ1) is 17.1. The molecule has 1 saturated heterocycles. The first-order chi connectivity index (χ1) is 12.7. The van der Waals surface area contributed by atoms with Crippen LogP contribution >= 0.6 is 0 Å². The lowest BCUT2D eigenvalue weighted by Gasteiger charge is -2.29. The van der Waals surface area contributed by atoms with Crippen molar-refractivity contribution in [3.05, 3.63) is 59.7 Å². The number of aliphatic hydroxyl groups is 1. The van der Waals surface area contributed by atoms with E-state index in [1.807, 2.05) is 0 Å². The van der Waals surface area contributed by atoms with Crippen LogP contribution in [0.2, 0.25) is 0 Å². The molecule has 0 bridgehead atoms.